The molecule has 0 fully saturated rings. The lowest BCUT2D eigenvalue weighted by molar-refractivity contribution is 0.102. The van der Waals surface area contributed by atoms with Gasteiger partial charge in [0.15, 0.2) is 11.6 Å². The Kier molecular flexibility index (Phi) is 9.33. The van der Waals surface area contributed by atoms with Gasteiger partial charge in [0, 0.05) is 32.0 Å². The van der Waals surface area contributed by atoms with Crippen LogP contribution in [-0.2, 0) is 0 Å². The van der Waals surface area contributed by atoms with Gasteiger partial charge in [0.05, 0.1) is 32.7 Å². The van der Waals surface area contributed by atoms with Crippen LogP contribution in [0, 0.1) is 0 Å². The van der Waals surface area contributed by atoms with Crippen LogP contribution in [0.1, 0.15) is 31.8 Å². The molecule has 280 valence electrons. The van der Waals surface area contributed by atoms with Crippen LogP contribution >= 0.6 is 22.7 Å². The van der Waals surface area contributed by atoms with E-state index >= 15 is 0 Å². The van der Waals surface area contributed by atoms with Crippen molar-refractivity contribution in [2.75, 3.05) is 0 Å². The van der Waals surface area contributed by atoms with E-state index in [2.05, 4.69) is 0 Å². The van der Waals surface area contributed by atoms with Crippen molar-refractivity contribution >= 4 is 78.1 Å². The van der Waals surface area contributed by atoms with Gasteiger partial charge in [-0.05, 0) is 95.7 Å². The molecule has 0 amide bonds. The second-order valence-corrected chi connectivity index (χ2v) is 15.2. The predicted molar refractivity (Wildman–Crippen MR) is 230 cm³/mol. The minimum Gasteiger partial charge on any atom is -0.507 e. The van der Waals surface area contributed by atoms with Crippen LogP contribution in [0.5, 0.6) is 11.5 Å². The molecule has 0 aliphatic heterocycles. The molecule has 8 nitrogen and oxygen atoms in total. The molecule has 10 heteroatoms. The molecule has 0 spiro atoms. The minimum atomic E-state index is -0.352. The van der Waals surface area contributed by atoms with E-state index in [0.717, 1.165) is 9.75 Å². The van der Waals surface area contributed by atoms with Crippen molar-refractivity contribution in [1.29, 1.82) is 0 Å². The number of carbonyl (C=O) groups excluding carboxylic acids is 2. The lowest BCUT2D eigenvalue weighted by Crippen LogP contribution is -2.07. The van der Waals surface area contributed by atoms with Crippen molar-refractivity contribution in [1.82, 2.24) is 0 Å². The van der Waals surface area contributed by atoms with Crippen molar-refractivity contribution in [3.05, 3.63) is 199 Å². The number of phenolic OH excluding ortho intramolecular Hbond substituents is 2. The van der Waals surface area contributed by atoms with Crippen LogP contribution in [0.25, 0.3) is 64.8 Å². The first-order valence-electron chi connectivity index (χ1n) is 18.0. The van der Waals surface area contributed by atoms with Gasteiger partial charge in [0.1, 0.15) is 33.8 Å². The van der Waals surface area contributed by atoms with Crippen LogP contribution in [0.2, 0.25) is 0 Å². The molecule has 2 N–H and O–H groups in total. The van der Waals surface area contributed by atoms with Gasteiger partial charge in [-0.2, -0.15) is 0 Å². The molecule has 10 aromatic rings. The van der Waals surface area contributed by atoms with E-state index in [4.69, 9.17) is 8.83 Å². The summed E-state index contributed by atoms with van der Waals surface area (Å²) in [4.78, 5) is 54.4. The van der Waals surface area contributed by atoms with Gasteiger partial charge in [-0.3, -0.25) is 19.2 Å². The van der Waals surface area contributed by atoms with E-state index in [-0.39, 0.29) is 45.0 Å². The van der Waals surface area contributed by atoms with Gasteiger partial charge in [-0.1, -0.05) is 60.7 Å². The standard InChI is InChI=1S/2C24H14O4S/c2*25-19-8-3-1-6-15(19)22(26)14-12-17(21-10-5-11-29-21)24-18(13-14)23(27)16-7-2-4-9-20(16)28-24/h2*1-13,25H. The fourth-order valence-corrected chi connectivity index (χ4v) is 8.42. The largest absolute Gasteiger partial charge is 0.507 e. The summed E-state index contributed by atoms with van der Waals surface area (Å²) in [5, 5.41) is 25.7. The molecule has 0 unspecified atom stereocenters. The molecule has 58 heavy (non-hydrogen) atoms. The fraction of sp³-hybridized carbons (Fsp3) is 0. The molecule has 6 aromatic carbocycles. The predicted octanol–water partition coefficient (Wildman–Crippen LogP) is 11.2. The molecule has 0 radical (unpaired) electrons. The molecule has 0 bridgehead atoms. The number of carbonyl (C=O) groups is 2. The molecule has 0 saturated carbocycles. The van der Waals surface area contributed by atoms with Crippen LogP contribution < -0.4 is 10.9 Å². The number of ketones is 2. The molecular weight excluding hydrogens is 769 g/mol. The normalized spacial score (nSPS) is 11.2. The maximum Gasteiger partial charge on any atom is 0.200 e. The Balaban J connectivity index is 0.000000150. The number of hydrogen-bond donors (Lipinski definition) is 2. The van der Waals surface area contributed by atoms with Gasteiger partial charge in [0.25, 0.3) is 0 Å². The summed E-state index contributed by atoms with van der Waals surface area (Å²) in [5.74, 6) is -0.896. The second-order valence-electron chi connectivity index (χ2n) is 13.3. The Morgan fingerprint density at radius 2 is 0.845 bits per heavy atom. The zero-order valence-corrected chi connectivity index (χ0v) is 31.8. The summed E-state index contributed by atoms with van der Waals surface area (Å²) < 4.78 is 12.2. The minimum absolute atomic E-state index is 0.0965. The Hall–Kier alpha value is -7.40. The molecule has 4 aromatic heterocycles. The van der Waals surface area contributed by atoms with Crippen LogP contribution in [0.4, 0.5) is 0 Å². The van der Waals surface area contributed by atoms with E-state index in [0.29, 0.717) is 66.1 Å². The van der Waals surface area contributed by atoms with Crippen LogP contribution in [-0.4, -0.2) is 21.8 Å². The summed E-state index contributed by atoms with van der Waals surface area (Å²) in [6.07, 6.45) is 0. The molecule has 0 aliphatic rings. The van der Waals surface area contributed by atoms with Gasteiger partial charge in [0.2, 0.25) is 10.9 Å². The average molecular weight is 797 g/mol. The highest BCUT2D eigenvalue weighted by molar-refractivity contribution is 7.14. The average Bonchev–Trinajstić information content (AvgIpc) is 4.00. The van der Waals surface area contributed by atoms with Crippen molar-refractivity contribution in [2.45, 2.75) is 0 Å². The SMILES string of the molecule is O=C(c1cc(-c2cccs2)c2oc3ccccc3c(=O)c2c1)c1ccccc1O.O=C(c1cc(-c2cccs2)c2oc3ccccc3c(=O)c2c1)c1ccccc1O. The number of rotatable bonds is 6. The quantitative estimate of drug-likeness (QED) is 0.125. The van der Waals surface area contributed by atoms with E-state index in [1.165, 1.54) is 34.8 Å². The summed E-state index contributed by atoms with van der Waals surface area (Å²) in [6, 6.07) is 41.1. The first-order chi connectivity index (χ1) is 28.3. The lowest BCUT2D eigenvalue weighted by atomic mass is 9.97. The molecular formula is C48H28O8S2. The number of hydrogen-bond acceptors (Lipinski definition) is 10. The number of fused-ring (bicyclic) bond motifs is 4. The van der Waals surface area contributed by atoms with Gasteiger partial charge in [-0.25, -0.2) is 0 Å². The van der Waals surface area contributed by atoms with Crippen LogP contribution in [0.3, 0.4) is 0 Å². The Morgan fingerprint density at radius 3 is 1.24 bits per heavy atom. The number of benzene rings is 6. The van der Waals surface area contributed by atoms with Crippen molar-refractivity contribution in [2.24, 2.45) is 0 Å². The topological polar surface area (TPSA) is 135 Å². The highest BCUT2D eigenvalue weighted by Gasteiger charge is 2.22. The van der Waals surface area contributed by atoms with E-state index in [1.54, 1.807) is 97.1 Å². The Labute approximate surface area is 336 Å². The van der Waals surface area contributed by atoms with Crippen molar-refractivity contribution in [3.8, 4) is 32.4 Å². The Morgan fingerprint density at radius 1 is 0.448 bits per heavy atom. The third-order valence-electron chi connectivity index (χ3n) is 9.75. The zero-order chi connectivity index (χ0) is 39.9. The maximum atomic E-state index is 13.2. The molecule has 10 rings (SSSR count). The molecule has 0 atom stereocenters. The summed E-state index contributed by atoms with van der Waals surface area (Å²) in [6.45, 7) is 0. The first kappa shape index (κ1) is 36.3. The summed E-state index contributed by atoms with van der Waals surface area (Å²) in [7, 11) is 0. The fourth-order valence-electron chi connectivity index (χ4n) is 6.95. The second kappa shape index (κ2) is 14.9. The number of phenols is 2. The number of aromatic hydroxyl groups is 2. The number of thiophene rings is 2. The maximum absolute atomic E-state index is 13.2. The van der Waals surface area contributed by atoms with Gasteiger partial charge < -0.3 is 19.0 Å². The third-order valence-corrected chi connectivity index (χ3v) is 11.6. The van der Waals surface area contributed by atoms with Crippen molar-refractivity contribution in [3.63, 3.8) is 0 Å². The molecule has 0 saturated heterocycles. The zero-order valence-electron chi connectivity index (χ0n) is 30.2. The van der Waals surface area contributed by atoms with Gasteiger partial charge >= 0.3 is 0 Å². The van der Waals surface area contributed by atoms with Crippen LogP contribution in [0.15, 0.2) is 175 Å². The third kappa shape index (κ3) is 6.46. The molecule has 0 aliphatic carbocycles. The highest BCUT2D eigenvalue weighted by Crippen LogP contribution is 2.37. The van der Waals surface area contributed by atoms with E-state index in [9.17, 15) is 29.4 Å². The van der Waals surface area contributed by atoms with E-state index in [1.807, 2.05) is 47.2 Å². The summed E-state index contributed by atoms with van der Waals surface area (Å²) in [5.41, 5.74) is 3.91. The summed E-state index contributed by atoms with van der Waals surface area (Å²) >= 11 is 3.00. The van der Waals surface area contributed by atoms with Crippen molar-refractivity contribution < 1.29 is 28.6 Å². The van der Waals surface area contributed by atoms with Gasteiger partial charge in [-0.15, -0.1) is 22.7 Å². The monoisotopic (exact) mass is 796 g/mol. The lowest BCUT2D eigenvalue weighted by Gasteiger charge is -2.10. The first-order valence-corrected chi connectivity index (χ1v) is 19.7. The van der Waals surface area contributed by atoms with E-state index < -0.39 is 0 Å². The number of para-hydroxylation sites is 4. The molecule has 4 heterocycles. The highest BCUT2D eigenvalue weighted by atomic mass is 32.1. The smallest absolute Gasteiger partial charge is 0.200 e. The Bertz CT molecular complexity index is 3120.